The molecule has 0 aromatic carbocycles. The summed E-state index contributed by atoms with van der Waals surface area (Å²) in [4.78, 5) is 4.22. The molecule has 2 saturated carbocycles. The Bertz CT molecular complexity index is 642. The van der Waals surface area contributed by atoms with Crippen molar-refractivity contribution < 1.29 is 10.2 Å². The van der Waals surface area contributed by atoms with Gasteiger partial charge in [0.15, 0.2) is 0 Å². The summed E-state index contributed by atoms with van der Waals surface area (Å²) in [5.41, 5.74) is 1.05. The average molecular weight is 335 g/mol. The minimum Gasteiger partial charge on any atom is -0.390 e. The van der Waals surface area contributed by atoms with Crippen LogP contribution in [0.5, 0.6) is 0 Å². The van der Waals surface area contributed by atoms with Crippen LogP contribution in [0.3, 0.4) is 0 Å². The van der Waals surface area contributed by atoms with Gasteiger partial charge in [-0.15, -0.1) is 16.4 Å². The van der Waals surface area contributed by atoms with Crippen molar-refractivity contribution in [3.8, 4) is 0 Å². The van der Waals surface area contributed by atoms with E-state index in [2.05, 4.69) is 20.6 Å². The van der Waals surface area contributed by atoms with Gasteiger partial charge in [0.25, 0.3) is 0 Å². The fourth-order valence-electron chi connectivity index (χ4n) is 3.28. The number of hydrogen-bond donors (Lipinski definition) is 3. The molecule has 4 unspecified atom stereocenters. The van der Waals surface area contributed by atoms with E-state index in [0.717, 1.165) is 10.7 Å². The van der Waals surface area contributed by atoms with Crippen LogP contribution in [-0.2, 0) is 13.1 Å². The van der Waals surface area contributed by atoms with Gasteiger partial charge in [-0.3, -0.25) is 4.68 Å². The molecule has 2 aromatic rings. The van der Waals surface area contributed by atoms with E-state index in [1.54, 1.807) is 22.2 Å². The van der Waals surface area contributed by atoms with Gasteiger partial charge < -0.3 is 15.5 Å². The molecule has 4 rings (SSSR count). The van der Waals surface area contributed by atoms with Crippen molar-refractivity contribution in [1.82, 2.24) is 25.3 Å². The molecule has 7 nitrogen and oxygen atoms in total. The first kappa shape index (κ1) is 15.2. The number of nitrogens with one attached hydrogen (secondary N) is 1. The Morgan fingerprint density at radius 2 is 2.17 bits per heavy atom. The molecule has 2 heterocycles. The summed E-state index contributed by atoms with van der Waals surface area (Å²) >= 11 is 1.58. The topological polar surface area (TPSA) is 96.1 Å². The smallest absolute Gasteiger partial charge is 0.106 e. The van der Waals surface area contributed by atoms with Crippen LogP contribution < -0.4 is 5.32 Å². The highest BCUT2D eigenvalue weighted by Crippen LogP contribution is 2.38. The zero-order valence-corrected chi connectivity index (χ0v) is 13.6. The molecule has 23 heavy (non-hydrogen) atoms. The summed E-state index contributed by atoms with van der Waals surface area (Å²) in [6.45, 7) is 1.21. The number of nitrogens with zero attached hydrogens (tertiary/aromatic N) is 4. The zero-order chi connectivity index (χ0) is 15.8. The second-order valence-corrected chi connectivity index (χ2v) is 7.51. The average Bonchev–Trinajstić information content (AvgIpc) is 2.97. The maximum Gasteiger partial charge on any atom is 0.106 e. The van der Waals surface area contributed by atoms with Crippen LogP contribution in [0.1, 0.15) is 35.9 Å². The van der Waals surface area contributed by atoms with Gasteiger partial charge in [0, 0.05) is 48.7 Å². The van der Waals surface area contributed by atoms with Crippen molar-refractivity contribution in [2.24, 2.45) is 5.92 Å². The second-order valence-electron chi connectivity index (χ2n) is 6.53. The predicted octanol–water partition coefficient (Wildman–Crippen LogP) is 0.512. The lowest BCUT2D eigenvalue weighted by atomic mass is 10.1. The maximum absolute atomic E-state index is 10.3. The van der Waals surface area contributed by atoms with Gasteiger partial charge in [-0.1, -0.05) is 5.21 Å². The highest BCUT2D eigenvalue weighted by molar-refractivity contribution is 7.09. The molecule has 0 saturated heterocycles. The largest absolute Gasteiger partial charge is 0.390 e. The van der Waals surface area contributed by atoms with Crippen LogP contribution >= 0.6 is 11.3 Å². The van der Waals surface area contributed by atoms with Gasteiger partial charge >= 0.3 is 0 Å². The Morgan fingerprint density at radius 1 is 1.30 bits per heavy atom. The second kappa shape index (κ2) is 6.27. The zero-order valence-electron chi connectivity index (χ0n) is 12.7. The monoisotopic (exact) mass is 335 g/mol. The number of hydrogen-bond acceptors (Lipinski definition) is 7. The van der Waals surface area contributed by atoms with Crippen molar-refractivity contribution in [3.63, 3.8) is 0 Å². The van der Waals surface area contributed by atoms with Crippen molar-refractivity contribution in [1.29, 1.82) is 0 Å². The number of aliphatic hydroxyl groups excluding tert-OH is 2. The third-order valence-corrected chi connectivity index (χ3v) is 5.55. The van der Waals surface area contributed by atoms with Crippen LogP contribution in [0.25, 0.3) is 0 Å². The molecule has 3 N–H and O–H groups in total. The van der Waals surface area contributed by atoms with Gasteiger partial charge in [-0.25, -0.2) is 4.98 Å². The highest BCUT2D eigenvalue weighted by Gasteiger charge is 2.41. The fraction of sp³-hybridized carbons (Fsp3) is 0.667. The molecule has 2 aliphatic carbocycles. The van der Waals surface area contributed by atoms with E-state index in [1.807, 2.05) is 11.6 Å². The number of rotatable bonds is 6. The summed E-state index contributed by atoms with van der Waals surface area (Å²) in [6, 6.07) is -0.120. The Kier molecular flexibility index (Phi) is 4.14. The Morgan fingerprint density at radius 3 is 2.91 bits per heavy atom. The summed E-state index contributed by atoms with van der Waals surface area (Å²) < 4.78 is 1.80. The first-order valence-corrected chi connectivity index (χ1v) is 8.96. The first-order chi connectivity index (χ1) is 11.2. The molecule has 0 aliphatic heterocycles. The normalized spacial score (nSPS) is 30.9. The maximum atomic E-state index is 10.3. The molecule has 2 fully saturated rings. The number of aliphatic hydroxyl groups is 2. The van der Waals surface area contributed by atoms with Crippen LogP contribution in [0.2, 0.25) is 0 Å². The van der Waals surface area contributed by atoms with Gasteiger partial charge in [0.2, 0.25) is 0 Å². The molecular weight excluding hydrogens is 314 g/mol. The van der Waals surface area contributed by atoms with E-state index in [4.69, 9.17) is 0 Å². The summed E-state index contributed by atoms with van der Waals surface area (Å²) in [5.74, 6) is 0.558. The van der Waals surface area contributed by atoms with Gasteiger partial charge in [-0.05, 0) is 19.3 Å². The summed E-state index contributed by atoms with van der Waals surface area (Å²) in [7, 11) is 0. The van der Waals surface area contributed by atoms with E-state index in [9.17, 15) is 10.2 Å². The van der Waals surface area contributed by atoms with Crippen LogP contribution in [0.15, 0.2) is 17.8 Å². The van der Waals surface area contributed by atoms with Crippen LogP contribution in [0, 0.1) is 5.92 Å². The molecule has 0 bridgehead atoms. The lowest BCUT2D eigenvalue weighted by Gasteiger charge is -2.17. The van der Waals surface area contributed by atoms with Crippen molar-refractivity contribution >= 4 is 11.3 Å². The summed E-state index contributed by atoms with van der Waals surface area (Å²) in [5, 5.41) is 35.2. The molecule has 2 aliphatic rings. The van der Waals surface area contributed by atoms with Crippen molar-refractivity contribution in [2.45, 2.75) is 56.5 Å². The Labute approximate surface area is 138 Å². The Hall–Kier alpha value is -1.35. The fourth-order valence-corrected chi connectivity index (χ4v) is 3.84. The lowest BCUT2D eigenvalue weighted by Crippen LogP contribution is -2.39. The van der Waals surface area contributed by atoms with E-state index in [1.165, 1.54) is 12.8 Å². The molecule has 124 valence electrons. The lowest BCUT2D eigenvalue weighted by molar-refractivity contribution is 0.00722. The SMILES string of the molecule is OC1C(Cn2cc(C3CC3)nn2)CC(NCc2nccs2)C1O. The quantitative estimate of drug-likeness (QED) is 0.712. The number of thiazole rings is 1. The van der Waals surface area contributed by atoms with Crippen molar-refractivity contribution in [2.75, 3.05) is 0 Å². The van der Waals surface area contributed by atoms with E-state index in [0.29, 0.717) is 25.4 Å². The van der Waals surface area contributed by atoms with Gasteiger partial charge in [0.1, 0.15) is 5.01 Å². The molecule has 0 amide bonds. The molecule has 0 radical (unpaired) electrons. The third-order valence-electron chi connectivity index (χ3n) is 4.77. The number of aromatic nitrogens is 4. The summed E-state index contributed by atoms with van der Waals surface area (Å²) in [6.07, 6.45) is 5.37. The van der Waals surface area contributed by atoms with Gasteiger partial charge in [0.05, 0.1) is 17.9 Å². The minimum atomic E-state index is -0.758. The van der Waals surface area contributed by atoms with E-state index >= 15 is 0 Å². The first-order valence-electron chi connectivity index (χ1n) is 8.08. The van der Waals surface area contributed by atoms with Crippen molar-refractivity contribution in [3.05, 3.63) is 28.5 Å². The molecule has 8 heteroatoms. The Balaban J connectivity index is 1.35. The molecule has 4 atom stereocenters. The van der Waals surface area contributed by atoms with E-state index in [-0.39, 0.29) is 12.0 Å². The predicted molar refractivity (Wildman–Crippen MR) is 84.9 cm³/mol. The standard InChI is InChI=1S/C15H21N5O2S/c21-14-10(7-20-8-12(18-19-20)9-1-2-9)5-11(15(14)22)17-6-13-16-3-4-23-13/h3-4,8-11,14-15,17,21-22H,1-2,5-7H2. The molecular formula is C15H21N5O2S. The molecule has 2 aromatic heterocycles. The molecule has 0 spiro atoms. The van der Waals surface area contributed by atoms with Crippen LogP contribution in [0.4, 0.5) is 0 Å². The van der Waals surface area contributed by atoms with Crippen LogP contribution in [-0.4, -0.2) is 48.4 Å². The van der Waals surface area contributed by atoms with E-state index < -0.39 is 12.2 Å². The third kappa shape index (κ3) is 3.30. The van der Waals surface area contributed by atoms with Gasteiger partial charge in [-0.2, -0.15) is 0 Å². The minimum absolute atomic E-state index is 0.0208. The highest BCUT2D eigenvalue weighted by atomic mass is 32.1.